The van der Waals surface area contributed by atoms with Crippen LogP contribution >= 0.6 is 0 Å². The molecular formula is C12H22. The molecule has 0 rings (SSSR count). The highest BCUT2D eigenvalue weighted by Gasteiger charge is 1.84. The Labute approximate surface area is 78.1 Å². The lowest BCUT2D eigenvalue weighted by Gasteiger charge is -1.93. The topological polar surface area (TPSA) is 0 Å². The molecule has 12 heavy (non-hydrogen) atoms. The number of hydrogen-bond acceptors (Lipinski definition) is 0. The van der Waals surface area contributed by atoms with Crippen molar-refractivity contribution in [2.45, 2.75) is 51.9 Å². The standard InChI is InChI=1S/C12H22/c1-3-5-7-9-11-12-10-8-6-4-2/h4,10,12H,1,3,5-9,11H2,2H3. The van der Waals surface area contributed by atoms with Gasteiger partial charge >= 0.3 is 0 Å². The van der Waals surface area contributed by atoms with Gasteiger partial charge in [-0.3, -0.25) is 0 Å². The molecule has 0 atom stereocenters. The van der Waals surface area contributed by atoms with Crippen molar-refractivity contribution in [1.82, 2.24) is 0 Å². The van der Waals surface area contributed by atoms with E-state index in [0.717, 1.165) is 6.42 Å². The minimum absolute atomic E-state index is 1.09. The zero-order chi connectivity index (χ0) is 9.07. The number of hydrogen-bond donors (Lipinski definition) is 0. The van der Waals surface area contributed by atoms with E-state index in [1.54, 1.807) is 0 Å². The summed E-state index contributed by atoms with van der Waals surface area (Å²) in [6.45, 7) is 5.94. The molecule has 0 saturated heterocycles. The second kappa shape index (κ2) is 10.7. The molecule has 0 heteroatoms. The van der Waals surface area contributed by atoms with Crippen LogP contribution in [0.2, 0.25) is 0 Å². The van der Waals surface area contributed by atoms with Gasteiger partial charge in [-0.1, -0.05) is 45.3 Å². The zero-order valence-corrected chi connectivity index (χ0v) is 8.39. The van der Waals surface area contributed by atoms with Crippen LogP contribution in [0.1, 0.15) is 51.9 Å². The largest absolute Gasteiger partial charge is 0.0885 e. The van der Waals surface area contributed by atoms with E-state index in [-0.39, 0.29) is 0 Å². The third kappa shape index (κ3) is 9.74. The van der Waals surface area contributed by atoms with Crippen LogP contribution in [0, 0.1) is 13.3 Å². The van der Waals surface area contributed by atoms with E-state index >= 15 is 0 Å². The van der Waals surface area contributed by atoms with Crippen LogP contribution in [0.4, 0.5) is 0 Å². The van der Waals surface area contributed by atoms with Gasteiger partial charge in [0.25, 0.3) is 0 Å². The van der Waals surface area contributed by atoms with E-state index in [0.29, 0.717) is 0 Å². The van der Waals surface area contributed by atoms with Crippen LogP contribution in [-0.2, 0) is 0 Å². The lowest BCUT2D eigenvalue weighted by molar-refractivity contribution is 0.694. The van der Waals surface area contributed by atoms with E-state index in [9.17, 15) is 0 Å². The predicted octanol–water partition coefficient (Wildman–Crippen LogP) is 4.33. The first-order valence-electron chi connectivity index (χ1n) is 5.14. The van der Waals surface area contributed by atoms with Gasteiger partial charge in [0.1, 0.15) is 0 Å². The Morgan fingerprint density at radius 1 is 0.917 bits per heavy atom. The van der Waals surface area contributed by atoms with Crippen molar-refractivity contribution in [1.29, 1.82) is 0 Å². The SMILES string of the molecule is [CH2]CCCCCC=CCC[CH]C. The lowest BCUT2D eigenvalue weighted by atomic mass is 10.1. The summed E-state index contributed by atoms with van der Waals surface area (Å²) < 4.78 is 0. The number of unbranched alkanes of at least 4 members (excludes halogenated alkanes) is 6. The normalized spacial score (nSPS) is 11.2. The molecule has 0 spiro atoms. The summed E-state index contributed by atoms with van der Waals surface area (Å²) in [5, 5.41) is 0. The van der Waals surface area contributed by atoms with Gasteiger partial charge < -0.3 is 0 Å². The van der Waals surface area contributed by atoms with Crippen molar-refractivity contribution in [3.63, 3.8) is 0 Å². The highest BCUT2D eigenvalue weighted by atomic mass is 13.9. The van der Waals surface area contributed by atoms with Gasteiger partial charge in [-0.25, -0.2) is 0 Å². The summed E-state index contributed by atoms with van der Waals surface area (Å²) in [6.07, 6.45) is 15.6. The van der Waals surface area contributed by atoms with Crippen molar-refractivity contribution in [2.24, 2.45) is 0 Å². The quantitative estimate of drug-likeness (QED) is 0.372. The van der Waals surface area contributed by atoms with Crippen LogP contribution < -0.4 is 0 Å². The zero-order valence-electron chi connectivity index (χ0n) is 8.39. The summed E-state index contributed by atoms with van der Waals surface area (Å²) in [4.78, 5) is 0. The molecule has 0 aromatic rings. The minimum atomic E-state index is 1.09. The lowest BCUT2D eigenvalue weighted by Crippen LogP contribution is -1.74. The summed E-state index contributed by atoms with van der Waals surface area (Å²) in [5.74, 6) is 0. The molecule has 0 aromatic carbocycles. The van der Waals surface area contributed by atoms with E-state index in [2.05, 4.69) is 32.4 Å². The molecule has 0 nitrogen and oxygen atoms in total. The molecule has 0 aromatic heterocycles. The Bertz CT molecular complexity index is 92.2. The molecule has 0 bridgehead atoms. The first kappa shape index (κ1) is 11.7. The highest BCUT2D eigenvalue weighted by Crippen LogP contribution is 2.03. The second-order valence-corrected chi connectivity index (χ2v) is 3.16. The summed E-state index contributed by atoms with van der Waals surface area (Å²) in [6, 6.07) is 0. The molecule has 0 heterocycles. The van der Waals surface area contributed by atoms with Gasteiger partial charge in [0.2, 0.25) is 0 Å². The van der Waals surface area contributed by atoms with Gasteiger partial charge in [0, 0.05) is 0 Å². The summed E-state index contributed by atoms with van der Waals surface area (Å²) in [7, 11) is 0. The number of allylic oxidation sites excluding steroid dienone is 2. The van der Waals surface area contributed by atoms with Crippen molar-refractivity contribution in [3.8, 4) is 0 Å². The number of rotatable bonds is 8. The molecule has 0 N–H and O–H groups in total. The summed E-state index contributed by atoms with van der Waals surface area (Å²) in [5.41, 5.74) is 0. The molecule has 0 fully saturated rings. The summed E-state index contributed by atoms with van der Waals surface area (Å²) >= 11 is 0. The Kier molecular flexibility index (Phi) is 10.5. The molecule has 70 valence electrons. The van der Waals surface area contributed by atoms with Crippen molar-refractivity contribution >= 4 is 0 Å². The van der Waals surface area contributed by atoms with Crippen LogP contribution in [0.5, 0.6) is 0 Å². The van der Waals surface area contributed by atoms with E-state index in [1.165, 1.54) is 38.5 Å². The molecule has 0 saturated carbocycles. The van der Waals surface area contributed by atoms with Gasteiger partial charge in [-0.05, 0) is 32.1 Å². The fourth-order valence-corrected chi connectivity index (χ4v) is 1.11. The van der Waals surface area contributed by atoms with Gasteiger partial charge in [0.15, 0.2) is 0 Å². The second-order valence-electron chi connectivity index (χ2n) is 3.16. The van der Waals surface area contributed by atoms with E-state index < -0.39 is 0 Å². The van der Waals surface area contributed by atoms with Gasteiger partial charge in [0.05, 0.1) is 0 Å². The molecular weight excluding hydrogens is 144 g/mol. The molecule has 0 aliphatic rings. The first-order chi connectivity index (χ1) is 5.91. The average Bonchev–Trinajstić information content (AvgIpc) is 2.10. The Hall–Kier alpha value is -0.260. The fraction of sp³-hybridized carbons (Fsp3) is 0.667. The molecule has 0 aliphatic carbocycles. The maximum Gasteiger partial charge on any atom is -0.0348 e. The molecule has 0 unspecified atom stereocenters. The Morgan fingerprint density at radius 3 is 2.33 bits per heavy atom. The van der Waals surface area contributed by atoms with Crippen molar-refractivity contribution in [2.75, 3.05) is 0 Å². The smallest absolute Gasteiger partial charge is 0.0348 e. The Morgan fingerprint density at radius 2 is 1.67 bits per heavy atom. The third-order valence-electron chi connectivity index (χ3n) is 1.91. The third-order valence-corrected chi connectivity index (χ3v) is 1.91. The highest BCUT2D eigenvalue weighted by molar-refractivity contribution is 4.82. The maximum atomic E-state index is 3.82. The first-order valence-corrected chi connectivity index (χ1v) is 5.14. The van der Waals surface area contributed by atoms with E-state index in [4.69, 9.17) is 0 Å². The average molecular weight is 166 g/mol. The van der Waals surface area contributed by atoms with Gasteiger partial charge in [-0.15, -0.1) is 0 Å². The monoisotopic (exact) mass is 166 g/mol. The predicted molar refractivity (Wildman–Crippen MR) is 56.8 cm³/mol. The molecule has 0 aliphatic heterocycles. The Balaban J connectivity index is 2.92. The van der Waals surface area contributed by atoms with Gasteiger partial charge in [-0.2, -0.15) is 0 Å². The minimum Gasteiger partial charge on any atom is -0.0885 e. The molecule has 0 amide bonds. The molecule has 2 radical (unpaired) electrons. The van der Waals surface area contributed by atoms with Crippen LogP contribution in [0.25, 0.3) is 0 Å². The maximum absolute atomic E-state index is 3.82. The van der Waals surface area contributed by atoms with Crippen molar-refractivity contribution in [3.05, 3.63) is 25.5 Å². The van der Waals surface area contributed by atoms with Crippen LogP contribution in [0.3, 0.4) is 0 Å². The van der Waals surface area contributed by atoms with Crippen LogP contribution in [0.15, 0.2) is 12.2 Å². The van der Waals surface area contributed by atoms with Crippen molar-refractivity contribution < 1.29 is 0 Å². The fourth-order valence-electron chi connectivity index (χ4n) is 1.11. The van der Waals surface area contributed by atoms with E-state index in [1.807, 2.05) is 0 Å². The van der Waals surface area contributed by atoms with Crippen LogP contribution in [-0.4, -0.2) is 0 Å².